The molecule has 0 aliphatic carbocycles. The lowest BCUT2D eigenvalue weighted by Crippen LogP contribution is -1.92. The Morgan fingerprint density at radius 3 is 1.24 bits per heavy atom. The third-order valence-electron chi connectivity index (χ3n) is 5.16. The predicted octanol–water partition coefficient (Wildman–Crippen LogP) is 9.01. The maximum atomic E-state index is 5.57. The van der Waals surface area contributed by atoms with Crippen molar-refractivity contribution in [3.8, 4) is 0 Å². The molecule has 0 fully saturated rings. The van der Waals surface area contributed by atoms with E-state index in [4.69, 9.17) is 4.74 Å². The maximum absolute atomic E-state index is 5.57. The van der Waals surface area contributed by atoms with Crippen LogP contribution in [0.25, 0.3) is 0 Å². The summed E-state index contributed by atoms with van der Waals surface area (Å²) in [6, 6.07) is 0. The molecular formula is C24H49O. The number of hydrogen-bond acceptors (Lipinski definition) is 1. The van der Waals surface area contributed by atoms with Crippen molar-refractivity contribution in [2.24, 2.45) is 0 Å². The first-order valence-electron chi connectivity index (χ1n) is 11.8. The Hall–Kier alpha value is -0.0400. The minimum atomic E-state index is 0.929. The fourth-order valence-electron chi connectivity index (χ4n) is 3.38. The topological polar surface area (TPSA) is 9.23 Å². The van der Waals surface area contributed by atoms with Crippen molar-refractivity contribution in [3.63, 3.8) is 0 Å². The lowest BCUT2D eigenvalue weighted by Gasteiger charge is -2.04. The van der Waals surface area contributed by atoms with E-state index in [0.29, 0.717) is 0 Å². The highest BCUT2D eigenvalue weighted by molar-refractivity contribution is 4.54. The van der Waals surface area contributed by atoms with Crippen LogP contribution in [0.5, 0.6) is 0 Å². The standard InChI is InChI=1S/C24H49O/c1-3-5-7-9-10-11-12-13-14-15-16-17-18-19-20-22-24-25-23-21-8-6-4-2/h24H,3-23H2,1-2H3. The van der Waals surface area contributed by atoms with Gasteiger partial charge in [-0.15, -0.1) is 0 Å². The first-order chi connectivity index (χ1) is 12.4. The zero-order valence-electron chi connectivity index (χ0n) is 17.8. The zero-order chi connectivity index (χ0) is 18.3. The van der Waals surface area contributed by atoms with Crippen LogP contribution in [0.1, 0.15) is 142 Å². The number of hydrogen-bond donors (Lipinski definition) is 0. The van der Waals surface area contributed by atoms with E-state index in [-0.39, 0.29) is 0 Å². The van der Waals surface area contributed by atoms with E-state index in [0.717, 1.165) is 13.0 Å². The van der Waals surface area contributed by atoms with Gasteiger partial charge in [0.1, 0.15) is 0 Å². The molecular weight excluding hydrogens is 304 g/mol. The Bertz CT molecular complexity index is 192. The zero-order valence-corrected chi connectivity index (χ0v) is 17.8. The van der Waals surface area contributed by atoms with Crippen LogP contribution >= 0.6 is 0 Å². The van der Waals surface area contributed by atoms with Crippen LogP contribution in [0.3, 0.4) is 0 Å². The molecule has 151 valence electrons. The smallest absolute Gasteiger partial charge is 0.0836 e. The lowest BCUT2D eigenvalue weighted by atomic mass is 10.0. The molecule has 1 heteroatoms. The van der Waals surface area contributed by atoms with Crippen LogP contribution < -0.4 is 0 Å². The highest BCUT2D eigenvalue weighted by atomic mass is 16.5. The molecule has 25 heavy (non-hydrogen) atoms. The van der Waals surface area contributed by atoms with Gasteiger partial charge in [-0.25, -0.2) is 0 Å². The maximum Gasteiger partial charge on any atom is 0.0836 e. The van der Waals surface area contributed by atoms with Gasteiger partial charge in [-0.05, 0) is 12.8 Å². The van der Waals surface area contributed by atoms with Gasteiger partial charge >= 0.3 is 0 Å². The van der Waals surface area contributed by atoms with Crippen LogP contribution in [0.2, 0.25) is 0 Å². The third kappa shape index (κ3) is 24.0. The molecule has 0 bridgehead atoms. The number of unbranched alkanes of at least 4 members (excludes halogenated alkanes) is 18. The largest absolute Gasteiger partial charge is 0.376 e. The van der Waals surface area contributed by atoms with Crippen LogP contribution in [0, 0.1) is 6.61 Å². The molecule has 0 unspecified atom stereocenters. The molecule has 0 heterocycles. The Morgan fingerprint density at radius 2 is 0.800 bits per heavy atom. The molecule has 0 N–H and O–H groups in total. The van der Waals surface area contributed by atoms with Crippen molar-refractivity contribution in [2.45, 2.75) is 142 Å². The summed E-state index contributed by atoms with van der Waals surface area (Å²) in [6.07, 6.45) is 27.9. The van der Waals surface area contributed by atoms with Crippen LogP contribution in [0.4, 0.5) is 0 Å². The van der Waals surface area contributed by atoms with Gasteiger partial charge in [-0.2, -0.15) is 0 Å². The quantitative estimate of drug-likeness (QED) is 0.176. The molecule has 0 aromatic heterocycles. The summed E-state index contributed by atoms with van der Waals surface area (Å²) >= 11 is 0. The second-order valence-electron chi connectivity index (χ2n) is 7.84. The molecule has 1 radical (unpaired) electrons. The molecule has 0 atom stereocenters. The minimum Gasteiger partial charge on any atom is -0.376 e. The Labute approximate surface area is 160 Å². The van der Waals surface area contributed by atoms with Gasteiger partial charge in [0, 0.05) is 6.61 Å². The summed E-state index contributed by atoms with van der Waals surface area (Å²) in [5.41, 5.74) is 0. The summed E-state index contributed by atoms with van der Waals surface area (Å²) in [7, 11) is 0. The van der Waals surface area contributed by atoms with Crippen molar-refractivity contribution < 1.29 is 4.74 Å². The monoisotopic (exact) mass is 353 g/mol. The second kappa shape index (κ2) is 24.0. The molecule has 0 aliphatic rings. The number of ether oxygens (including phenoxy) is 1. The molecule has 0 rings (SSSR count). The van der Waals surface area contributed by atoms with Gasteiger partial charge in [0.05, 0.1) is 6.61 Å². The third-order valence-corrected chi connectivity index (χ3v) is 5.16. The predicted molar refractivity (Wildman–Crippen MR) is 114 cm³/mol. The van der Waals surface area contributed by atoms with Gasteiger partial charge < -0.3 is 4.74 Å². The van der Waals surface area contributed by atoms with Gasteiger partial charge in [-0.1, -0.05) is 129 Å². The molecule has 0 aromatic carbocycles. The Kier molecular flexibility index (Phi) is 23.9. The fraction of sp³-hybridized carbons (Fsp3) is 0.958. The van der Waals surface area contributed by atoms with E-state index in [1.165, 1.54) is 122 Å². The van der Waals surface area contributed by atoms with E-state index in [2.05, 4.69) is 13.8 Å². The van der Waals surface area contributed by atoms with Gasteiger partial charge in [0.25, 0.3) is 0 Å². The first-order valence-corrected chi connectivity index (χ1v) is 11.8. The van der Waals surface area contributed by atoms with Crippen LogP contribution in [0.15, 0.2) is 0 Å². The fourth-order valence-corrected chi connectivity index (χ4v) is 3.38. The first kappa shape index (κ1) is 25.0. The van der Waals surface area contributed by atoms with Crippen molar-refractivity contribution in [3.05, 3.63) is 6.61 Å². The SMILES string of the molecule is CCCCCCCCCCCCCCCCC[CH]OCCCCCC. The normalized spacial score (nSPS) is 11.3. The van der Waals surface area contributed by atoms with E-state index >= 15 is 0 Å². The van der Waals surface area contributed by atoms with Crippen LogP contribution in [-0.2, 0) is 4.74 Å². The van der Waals surface area contributed by atoms with E-state index in [1.807, 2.05) is 6.61 Å². The summed E-state index contributed by atoms with van der Waals surface area (Å²) < 4.78 is 5.57. The molecule has 0 spiro atoms. The van der Waals surface area contributed by atoms with Gasteiger partial charge in [0.15, 0.2) is 0 Å². The van der Waals surface area contributed by atoms with Crippen LogP contribution in [-0.4, -0.2) is 6.61 Å². The van der Waals surface area contributed by atoms with Crippen molar-refractivity contribution in [2.75, 3.05) is 6.61 Å². The molecule has 1 nitrogen and oxygen atoms in total. The van der Waals surface area contributed by atoms with Gasteiger partial charge in [-0.3, -0.25) is 0 Å². The average molecular weight is 354 g/mol. The second-order valence-corrected chi connectivity index (χ2v) is 7.84. The van der Waals surface area contributed by atoms with E-state index < -0.39 is 0 Å². The summed E-state index contributed by atoms with van der Waals surface area (Å²) in [6.45, 7) is 7.53. The molecule has 0 aromatic rings. The average Bonchev–Trinajstić information content (AvgIpc) is 2.63. The molecule has 0 saturated heterocycles. The van der Waals surface area contributed by atoms with Crippen molar-refractivity contribution in [1.82, 2.24) is 0 Å². The highest BCUT2D eigenvalue weighted by Gasteiger charge is 1.95. The van der Waals surface area contributed by atoms with Gasteiger partial charge in [0.2, 0.25) is 0 Å². The Balaban J connectivity index is 2.94. The van der Waals surface area contributed by atoms with E-state index in [9.17, 15) is 0 Å². The molecule has 0 aliphatic heterocycles. The Morgan fingerprint density at radius 1 is 0.440 bits per heavy atom. The highest BCUT2D eigenvalue weighted by Crippen LogP contribution is 2.14. The van der Waals surface area contributed by atoms with E-state index in [1.54, 1.807) is 0 Å². The summed E-state index contributed by atoms with van der Waals surface area (Å²) in [5, 5.41) is 0. The molecule has 0 saturated carbocycles. The van der Waals surface area contributed by atoms with Crippen molar-refractivity contribution >= 4 is 0 Å². The number of rotatable bonds is 22. The molecule has 0 amide bonds. The summed E-state index contributed by atoms with van der Waals surface area (Å²) in [5.74, 6) is 0. The summed E-state index contributed by atoms with van der Waals surface area (Å²) in [4.78, 5) is 0. The lowest BCUT2D eigenvalue weighted by molar-refractivity contribution is 0.184. The van der Waals surface area contributed by atoms with Crippen molar-refractivity contribution in [1.29, 1.82) is 0 Å². The minimum absolute atomic E-state index is 0.929.